The van der Waals surface area contributed by atoms with E-state index in [1.54, 1.807) is 0 Å². The van der Waals surface area contributed by atoms with Gasteiger partial charge in [0.05, 0.1) is 0 Å². The minimum absolute atomic E-state index is 0.403. The molecule has 2 aromatic rings. The molecule has 0 fully saturated rings. The van der Waals surface area contributed by atoms with Crippen LogP contribution in [0.4, 0.5) is 11.4 Å². The van der Waals surface area contributed by atoms with Crippen molar-refractivity contribution >= 4 is 44.5 Å². The third-order valence-electron chi connectivity index (χ3n) is 3.20. The number of hydrogen-bond acceptors (Lipinski definition) is 2. The standard InChI is InChI=1S/C16H17BrN2S/c1-9-4-5-13(16(18)20)14(6-9)19-15-10(2)7-12(17)8-11(15)3/h4-8,19H,1-3H3,(H2,18,20). The van der Waals surface area contributed by atoms with Crippen molar-refractivity contribution in [1.82, 2.24) is 0 Å². The van der Waals surface area contributed by atoms with Gasteiger partial charge in [0.25, 0.3) is 0 Å². The molecule has 0 saturated heterocycles. The summed E-state index contributed by atoms with van der Waals surface area (Å²) in [5.41, 5.74) is 12.2. The maximum absolute atomic E-state index is 5.80. The SMILES string of the molecule is Cc1ccc(C(N)=S)c(Nc2c(C)cc(Br)cc2C)c1. The molecule has 3 N–H and O–H groups in total. The lowest BCUT2D eigenvalue weighted by atomic mass is 10.1. The molecule has 0 amide bonds. The van der Waals surface area contributed by atoms with E-state index in [9.17, 15) is 0 Å². The molecule has 0 radical (unpaired) electrons. The monoisotopic (exact) mass is 348 g/mol. The molecule has 0 saturated carbocycles. The predicted octanol–water partition coefficient (Wildman–Crippen LogP) is 4.75. The number of hydrogen-bond donors (Lipinski definition) is 2. The van der Waals surface area contributed by atoms with Crippen LogP contribution < -0.4 is 11.1 Å². The van der Waals surface area contributed by atoms with Crippen LogP contribution in [0.25, 0.3) is 0 Å². The number of nitrogens with one attached hydrogen (secondary N) is 1. The molecule has 0 heterocycles. The lowest BCUT2D eigenvalue weighted by molar-refractivity contribution is 1.33. The Morgan fingerprint density at radius 3 is 2.25 bits per heavy atom. The topological polar surface area (TPSA) is 38.0 Å². The van der Waals surface area contributed by atoms with Crippen molar-refractivity contribution < 1.29 is 0 Å². The average Bonchev–Trinajstić information content (AvgIpc) is 2.33. The number of nitrogens with two attached hydrogens (primary N) is 1. The second-order valence-corrected chi connectivity index (χ2v) is 6.31. The van der Waals surface area contributed by atoms with Gasteiger partial charge in [-0.25, -0.2) is 0 Å². The first-order valence-corrected chi connectivity index (χ1v) is 7.53. The first-order valence-electron chi connectivity index (χ1n) is 6.32. The van der Waals surface area contributed by atoms with Crippen molar-refractivity contribution in [2.45, 2.75) is 20.8 Å². The largest absolute Gasteiger partial charge is 0.389 e. The van der Waals surface area contributed by atoms with Crippen LogP contribution in [0.1, 0.15) is 22.3 Å². The van der Waals surface area contributed by atoms with E-state index in [1.165, 1.54) is 16.7 Å². The fourth-order valence-corrected chi connectivity index (χ4v) is 3.08. The second kappa shape index (κ2) is 5.94. The van der Waals surface area contributed by atoms with Crippen LogP contribution in [0.2, 0.25) is 0 Å². The highest BCUT2D eigenvalue weighted by atomic mass is 79.9. The molecule has 0 aliphatic carbocycles. The van der Waals surface area contributed by atoms with E-state index in [2.05, 4.69) is 60.2 Å². The quantitative estimate of drug-likeness (QED) is 0.785. The average molecular weight is 349 g/mol. The van der Waals surface area contributed by atoms with Gasteiger partial charge in [0, 0.05) is 21.4 Å². The van der Waals surface area contributed by atoms with Crippen molar-refractivity contribution in [3.63, 3.8) is 0 Å². The Morgan fingerprint density at radius 2 is 1.70 bits per heavy atom. The number of aryl methyl sites for hydroxylation is 3. The van der Waals surface area contributed by atoms with Gasteiger partial charge in [-0.3, -0.25) is 0 Å². The molecule has 0 aliphatic heterocycles. The zero-order valence-corrected chi connectivity index (χ0v) is 14.2. The summed E-state index contributed by atoms with van der Waals surface area (Å²) in [6, 6.07) is 10.2. The number of rotatable bonds is 3. The molecule has 104 valence electrons. The van der Waals surface area contributed by atoms with E-state index >= 15 is 0 Å². The number of benzene rings is 2. The molecule has 4 heteroatoms. The number of halogens is 1. The van der Waals surface area contributed by atoms with Crippen molar-refractivity contribution in [2.24, 2.45) is 5.73 Å². The van der Waals surface area contributed by atoms with Crippen LogP contribution in [0.5, 0.6) is 0 Å². The lowest BCUT2D eigenvalue weighted by Gasteiger charge is -2.16. The first kappa shape index (κ1) is 15.0. The third-order valence-corrected chi connectivity index (χ3v) is 3.88. The Bertz CT molecular complexity index is 657. The Hall–Kier alpha value is -1.39. The number of anilines is 2. The van der Waals surface area contributed by atoms with Crippen molar-refractivity contribution in [1.29, 1.82) is 0 Å². The Labute approximate surface area is 133 Å². The van der Waals surface area contributed by atoms with Gasteiger partial charge < -0.3 is 11.1 Å². The summed E-state index contributed by atoms with van der Waals surface area (Å²) >= 11 is 8.64. The maximum atomic E-state index is 5.80. The van der Waals surface area contributed by atoms with E-state index in [-0.39, 0.29) is 0 Å². The summed E-state index contributed by atoms with van der Waals surface area (Å²) < 4.78 is 1.08. The lowest BCUT2D eigenvalue weighted by Crippen LogP contribution is -2.12. The van der Waals surface area contributed by atoms with Crippen LogP contribution >= 0.6 is 28.1 Å². The minimum Gasteiger partial charge on any atom is -0.389 e. The summed E-state index contributed by atoms with van der Waals surface area (Å²) in [4.78, 5) is 0.403. The van der Waals surface area contributed by atoms with Gasteiger partial charge in [-0.2, -0.15) is 0 Å². The highest BCUT2D eigenvalue weighted by Gasteiger charge is 2.09. The first-order chi connectivity index (χ1) is 9.38. The van der Waals surface area contributed by atoms with E-state index in [0.29, 0.717) is 4.99 Å². The van der Waals surface area contributed by atoms with Gasteiger partial charge in [0.1, 0.15) is 4.99 Å². The molecule has 2 rings (SSSR count). The van der Waals surface area contributed by atoms with Crippen molar-refractivity contribution in [2.75, 3.05) is 5.32 Å². The van der Waals surface area contributed by atoms with Gasteiger partial charge in [0.15, 0.2) is 0 Å². The molecule has 0 spiro atoms. The van der Waals surface area contributed by atoms with Gasteiger partial charge in [-0.1, -0.05) is 34.2 Å². The van der Waals surface area contributed by atoms with Crippen LogP contribution in [0.15, 0.2) is 34.8 Å². The summed E-state index contributed by atoms with van der Waals surface area (Å²) in [6.45, 7) is 6.21. The molecule has 2 aromatic carbocycles. The molecule has 0 atom stereocenters. The molecule has 0 unspecified atom stereocenters. The molecule has 0 aromatic heterocycles. The van der Waals surface area contributed by atoms with Crippen molar-refractivity contribution in [3.8, 4) is 0 Å². The Kier molecular flexibility index (Phi) is 4.45. The highest BCUT2D eigenvalue weighted by Crippen LogP contribution is 2.30. The predicted molar refractivity (Wildman–Crippen MR) is 94.0 cm³/mol. The zero-order valence-electron chi connectivity index (χ0n) is 11.8. The van der Waals surface area contributed by atoms with E-state index in [4.69, 9.17) is 18.0 Å². The molecule has 2 nitrogen and oxygen atoms in total. The maximum Gasteiger partial charge on any atom is 0.106 e. The summed E-state index contributed by atoms with van der Waals surface area (Å²) in [5, 5.41) is 3.47. The smallest absolute Gasteiger partial charge is 0.106 e. The third kappa shape index (κ3) is 3.19. The van der Waals surface area contributed by atoms with Crippen LogP contribution in [0, 0.1) is 20.8 Å². The van der Waals surface area contributed by atoms with Gasteiger partial charge in [-0.15, -0.1) is 0 Å². The molecule has 0 bridgehead atoms. The van der Waals surface area contributed by atoms with Gasteiger partial charge in [0.2, 0.25) is 0 Å². The molecular weight excluding hydrogens is 332 g/mol. The van der Waals surface area contributed by atoms with Crippen LogP contribution in [-0.2, 0) is 0 Å². The fraction of sp³-hybridized carbons (Fsp3) is 0.188. The second-order valence-electron chi connectivity index (χ2n) is 4.95. The molecule has 0 aliphatic rings. The summed E-state index contributed by atoms with van der Waals surface area (Å²) in [6.07, 6.45) is 0. The van der Waals surface area contributed by atoms with Crippen LogP contribution in [0.3, 0.4) is 0 Å². The minimum atomic E-state index is 0.403. The van der Waals surface area contributed by atoms with Crippen molar-refractivity contribution in [3.05, 3.63) is 57.1 Å². The van der Waals surface area contributed by atoms with E-state index in [0.717, 1.165) is 21.4 Å². The summed E-state index contributed by atoms with van der Waals surface area (Å²) in [5.74, 6) is 0. The van der Waals surface area contributed by atoms with Crippen LogP contribution in [-0.4, -0.2) is 4.99 Å². The van der Waals surface area contributed by atoms with E-state index < -0.39 is 0 Å². The van der Waals surface area contributed by atoms with Gasteiger partial charge >= 0.3 is 0 Å². The Morgan fingerprint density at radius 1 is 1.10 bits per heavy atom. The fourth-order valence-electron chi connectivity index (χ4n) is 2.22. The summed E-state index contributed by atoms with van der Waals surface area (Å²) in [7, 11) is 0. The van der Waals surface area contributed by atoms with E-state index in [1.807, 2.05) is 12.1 Å². The highest BCUT2D eigenvalue weighted by molar-refractivity contribution is 9.10. The zero-order chi connectivity index (χ0) is 14.9. The van der Waals surface area contributed by atoms with Gasteiger partial charge in [-0.05, 0) is 61.7 Å². The normalized spacial score (nSPS) is 10.4. The number of thiocarbonyl (C=S) groups is 1. The molecular formula is C16H17BrN2S. The molecule has 20 heavy (non-hydrogen) atoms. The Balaban J connectivity index is 2.50.